The summed E-state index contributed by atoms with van der Waals surface area (Å²) < 4.78 is 61.9. The molecular weight excluding hydrogens is 341 g/mol. The Morgan fingerprint density at radius 1 is 0.913 bits per heavy atom. The van der Waals surface area contributed by atoms with Gasteiger partial charge < -0.3 is 0 Å². The van der Waals surface area contributed by atoms with Crippen LogP contribution >= 0.6 is 7.81 Å². The van der Waals surface area contributed by atoms with Crippen LogP contribution in [0.15, 0.2) is 12.2 Å². The van der Waals surface area contributed by atoms with Crippen molar-refractivity contribution in [1.29, 1.82) is 0 Å². The van der Waals surface area contributed by atoms with E-state index >= 15 is 0 Å². The van der Waals surface area contributed by atoms with E-state index in [4.69, 9.17) is 0 Å². The Labute approximate surface area is 131 Å². The van der Waals surface area contributed by atoms with Crippen LogP contribution in [0.2, 0.25) is 0 Å². The van der Waals surface area contributed by atoms with Gasteiger partial charge in [-0.3, -0.25) is 0 Å². The Hall–Kier alpha value is -0.780. The second-order valence-corrected chi connectivity index (χ2v) is 8.73. The summed E-state index contributed by atoms with van der Waals surface area (Å²) in [6.45, 7) is 0. The number of fused-ring (bicyclic) bond motifs is 4. The first kappa shape index (κ1) is 17.1. The summed E-state index contributed by atoms with van der Waals surface area (Å²) in [5.74, 6) is 0. The molecule has 4 bridgehead atoms. The number of hydrogen-bond acceptors (Lipinski definition) is 1. The number of allylic oxidation sites excluding steroid dienone is 1. The van der Waals surface area contributed by atoms with Gasteiger partial charge in [-0.05, 0) is 25.7 Å². The molecule has 1 atom stereocenters. The normalized spacial score (nSPS) is 35.6. The van der Waals surface area contributed by atoms with Crippen molar-refractivity contribution in [3.8, 4) is 0 Å². The summed E-state index contributed by atoms with van der Waals surface area (Å²) in [4.78, 5) is 0. The average molecular weight is 362 g/mol. The average Bonchev–Trinajstić information content (AvgIpc) is 2.36. The molecule has 0 spiro atoms. The molecule has 2 saturated heterocycles. The molecule has 0 N–H and O–H groups in total. The van der Waals surface area contributed by atoms with Gasteiger partial charge in [-0.25, -0.2) is 0 Å². The van der Waals surface area contributed by atoms with Gasteiger partial charge in [-0.1, -0.05) is 12.5 Å². The van der Waals surface area contributed by atoms with E-state index in [9.17, 15) is 25.2 Å². The molecule has 2 nitrogen and oxygen atoms in total. The molecule has 0 aromatic heterocycles. The summed E-state index contributed by atoms with van der Waals surface area (Å²) >= 11 is 0. The molecule has 3 fully saturated rings. The third-order valence-electron chi connectivity index (χ3n) is 4.96. The summed E-state index contributed by atoms with van der Waals surface area (Å²) in [5.41, 5.74) is 1.62. The van der Waals surface area contributed by atoms with Gasteiger partial charge in [0, 0.05) is 25.3 Å². The van der Waals surface area contributed by atoms with Crippen molar-refractivity contribution in [2.75, 3.05) is 0 Å². The van der Waals surface area contributed by atoms with Crippen LogP contribution in [0.5, 0.6) is 0 Å². The summed E-state index contributed by atoms with van der Waals surface area (Å²) in [6, 6.07) is 2.41. The van der Waals surface area contributed by atoms with Crippen molar-refractivity contribution in [1.82, 2.24) is 5.01 Å². The van der Waals surface area contributed by atoms with Gasteiger partial charge in [0.1, 0.15) is 6.04 Å². The Balaban J connectivity index is 0.000000193. The zero-order valence-electron chi connectivity index (χ0n) is 12.7. The molecule has 3 heterocycles. The van der Waals surface area contributed by atoms with Gasteiger partial charge in [0.25, 0.3) is 0 Å². The van der Waals surface area contributed by atoms with Gasteiger partial charge in [0.15, 0.2) is 6.04 Å². The monoisotopic (exact) mass is 362 g/mol. The van der Waals surface area contributed by atoms with Crippen LogP contribution in [-0.2, 0) is 0 Å². The quantitative estimate of drug-likeness (QED) is 0.296. The molecule has 5 rings (SSSR count). The van der Waals surface area contributed by atoms with Gasteiger partial charge in [0.2, 0.25) is 5.71 Å². The number of hydrogen-bond donors (Lipinski definition) is 0. The van der Waals surface area contributed by atoms with E-state index in [2.05, 4.69) is 21.8 Å². The topological polar surface area (TPSA) is 6.25 Å². The molecule has 9 heteroatoms. The molecule has 0 aromatic rings. The van der Waals surface area contributed by atoms with Gasteiger partial charge in [-0.2, -0.15) is 5.01 Å². The minimum atomic E-state index is -10.7. The maximum atomic E-state index is 9.87. The van der Waals surface area contributed by atoms with Crippen LogP contribution in [0, 0.1) is 0 Å². The minimum absolute atomic E-state index is 0.720. The van der Waals surface area contributed by atoms with Gasteiger partial charge in [0.05, 0.1) is 6.04 Å². The third kappa shape index (κ3) is 4.61. The zero-order valence-corrected chi connectivity index (χ0v) is 13.5. The van der Waals surface area contributed by atoms with Crippen LogP contribution in [0.1, 0.15) is 51.4 Å². The van der Waals surface area contributed by atoms with E-state index in [-0.39, 0.29) is 0 Å². The van der Waals surface area contributed by atoms with E-state index < -0.39 is 7.81 Å². The first-order valence-electron chi connectivity index (χ1n) is 8.06. The van der Waals surface area contributed by atoms with Crippen LogP contribution in [0.4, 0.5) is 25.2 Å². The Morgan fingerprint density at radius 3 is 2.13 bits per heavy atom. The molecule has 134 valence electrons. The fourth-order valence-electron chi connectivity index (χ4n) is 4.22. The first-order chi connectivity index (χ1) is 10.4. The predicted molar refractivity (Wildman–Crippen MR) is 78.1 cm³/mol. The molecular formula is C14H21F6N2P. The Morgan fingerprint density at radius 2 is 1.52 bits per heavy atom. The van der Waals surface area contributed by atoms with Crippen LogP contribution in [-0.4, -0.2) is 33.5 Å². The van der Waals surface area contributed by atoms with Crippen LogP contribution < -0.4 is 0 Å². The van der Waals surface area contributed by atoms with Gasteiger partial charge in [-0.15, -0.1) is 4.68 Å². The van der Waals surface area contributed by atoms with E-state index in [0.717, 1.165) is 18.1 Å². The standard InChI is InChI=1S/C14H21N2.F6P/c1-2-4-12-6-5-11(3-1)15-13-7-9-14(10-8-13)16(12)15;1-7(2,3,4,5)6/h5-6,11,13-14H,1-4,7-10H2;/q+1;-1/t11-,13?,14?;/m1./s1. The number of hydrazine groups is 1. The molecule has 23 heavy (non-hydrogen) atoms. The Bertz CT molecular complexity index is 533. The fourth-order valence-corrected chi connectivity index (χ4v) is 4.22. The first-order valence-corrected chi connectivity index (χ1v) is 10.1. The van der Waals surface area contributed by atoms with Crippen molar-refractivity contribution >= 4 is 13.5 Å². The Kier molecular flexibility index (Phi) is 3.61. The molecule has 5 aliphatic rings. The van der Waals surface area contributed by atoms with Crippen molar-refractivity contribution in [3.63, 3.8) is 0 Å². The molecule has 1 saturated carbocycles. The third-order valence-corrected chi connectivity index (χ3v) is 4.96. The number of nitrogens with zero attached hydrogens (tertiary/aromatic N) is 2. The van der Waals surface area contributed by atoms with Crippen LogP contribution in [0.25, 0.3) is 0 Å². The second kappa shape index (κ2) is 4.87. The zero-order chi connectivity index (χ0) is 16.9. The van der Waals surface area contributed by atoms with Crippen molar-refractivity contribution in [2.24, 2.45) is 0 Å². The van der Waals surface area contributed by atoms with Crippen molar-refractivity contribution < 1.29 is 29.9 Å². The summed E-state index contributed by atoms with van der Waals surface area (Å²) in [5, 5.41) is 2.76. The molecule has 0 unspecified atom stereocenters. The molecule has 2 aliphatic carbocycles. The molecule has 0 aromatic carbocycles. The molecule has 0 radical (unpaired) electrons. The SMILES string of the molecule is C1=C[C@H]2CCCCC1=[N+]1C3CCC(CC3)N21.F[P-](F)(F)(F)(F)F. The van der Waals surface area contributed by atoms with E-state index in [0.29, 0.717) is 0 Å². The number of halogens is 6. The van der Waals surface area contributed by atoms with E-state index in [1.165, 1.54) is 51.4 Å². The summed E-state index contributed by atoms with van der Waals surface area (Å²) in [6.07, 6.45) is 16.2. The van der Waals surface area contributed by atoms with Crippen LogP contribution in [0.3, 0.4) is 0 Å². The maximum absolute atomic E-state index is 10.7. The second-order valence-electron chi connectivity index (χ2n) is 6.81. The predicted octanol–water partition coefficient (Wildman–Crippen LogP) is 5.88. The van der Waals surface area contributed by atoms with E-state index in [1.54, 1.807) is 5.71 Å². The summed E-state index contributed by atoms with van der Waals surface area (Å²) in [7, 11) is -10.7. The van der Waals surface area contributed by atoms with E-state index in [1.807, 2.05) is 0 Å². The van der Waals surface area contributed by atoms with Gasteiger partial charge >= 0.3 is 33.0 Å². The van der Waals surface area contributed by atoms with Crippen molar-refractivity contribution in [2.45, 2.75) is 69.5 Å². The fraction of sp³-hybridized carbons (Fsp3) is 0.786. The molecule has 3 aliphatic heterocycles. The molecule has 0 amide bonds. The number of hydrazone groups is 1. The number of rotatable bonds is 0. The van der Waals surface area contributed by atoms with Crippen molar-refractivity contribution in [3.05, 3.63) is 12.2 Å².